The van der Waals surface area contributed by atoms with Gasteiger partial charge in [-0.15, -0.1) is 0 Å². The summed E-state index contributed by atoms with van der Waals surface area (Å²) in [6.07, 6.45) is 7.78. The smallest absolute Gasteiger partial charge is 0.216 e. The Morgan fingerprint density at radius 2 is 1.51 bits per heavy atom. The Labute approximate surface area is 219 Å². The lowest BCUT2D eigenvalue weighted by Gasteiger charge is -2.12. The number of Topliss-reactive ketones (excluding diaryl/α,β-unsaturated/α-hetero) is 1. The van der Waals surface area contributed by atoms with Crippen LogP contribution < -0.4 is 18.9 Å². The van der Waals surface area contributed by atoms with Crippen LogP contribution in [-0.2, 0) is 24.1 Å². The maximum atomic E-state index is 13.4. The van der Waals surface area contributed by atoms with Gasteiger partial charge in [0, 0.05) is 18.3 Å². The maximum Gasteiger partial charge on any atom is 0.216 e. The second kappa shape index (κ2) is 13.4. The summed E-state index contributed by atoms with van der Waals surface area (Å²) in [6.45, 7) is 4.68. The van der Waals surface area contributed by atoms with Crippen LogP contribution >= 0.6 is 0 Å². The molecule has 1 heterocycles. The van der Waals surface area contributed by atoms with Crippen molar-refractivity contribution in [2.45, 2.75) is 39.7 Å². The summed E-state index contributed by atoms with van der Waals surface area (Å²) in [6, 6.07) is 11.7. The first-order valence-corrected chi connectivity index (χ1v) is 12.5. The number of methoxy groups -OCH3 is 4. The van der Waals surface area contributed by atoms with Crippen molar-refractivity contribution in [2.75, 3.05) is 35.0 Å². The molecule has 0 fully saturated rings. The molecule has 3 aromatic rings. The highest BCUT2D eigenvalue weighted by atomic mass is 16.5. The van der Waals surface area contributed by atoms with E-state index in [1.807, 2.05) is 54.0 Å². The Hall–Kier alpha value is -3.87. The highest BCUT2D eigenvalue weighted by Gasteiger charge is 2.22. The van der Waals surface area contributed by atoms with Crippen molar-refractivity contribution >= 4 is 5.78 Å². The fourth-order valence-corrected chi connectivity index (χ4v) is 4.36. The van der Waals surface area contributed by atoms with Crippen molar-refractivity contribution < 1.29 is 28.5 Å². The van der Waals surface area contributed by atoms with Gasteiger partial charge in [-0.1, -0.05) is 32.1 Å². The van der Waals surface area contributed by atoms with Crippen LogP contribution in [0.4, 0.5) is 0 Å². The molecule has 0 aliphatic heterocycles. The van der Waals surface area contributed by atoms with E-state index >= 15 is 0 Å². The van der Waals surface area contributed by atoms with Crippen molar-refractivity contribution in [3.63, 3.8) is 0 Å². The van der Waals surface area contributed by atoms with Gasteiger partial charge in [-0.2, -0.15) is 0 Å². The van der Waals surface area contributed by atoms with E-state index in [4.69, 9.17) is 23.7 Å². The number of benzene rings is 2. The molecule has 1 aromatic heterocycles. The van der Waals surface area contributed by atoms with Gasteiger partial charge in [0.2, 0.25) is 5.78 Å². The van der Waals surface area contributed by atoms with Crippen LogP contribution in [0, 0.1) is 0 Å². The first kappa shape index (κ1) is 27.7. The molecule has 0 N–H and O–H groups in total. The lowest BCUT2D eigenvalue weighted by atomic mass is 9.99. The average molecular weight is 508 g/mol. The van der Waals surface area contributed by atoms with E-state index < -0.39 is 0 Å². The van der Waals surface area contributed by atoms with Crippen molar-refractivity contribution in [1.29, 1.82) is 0 Å². The molecule has 0 amide bonds. The van der Waals surface area contributed by atoms with Crippen molar-refractivity contribution in [3.8, 4) is 34.1 Å². The quantitative estimate of drug-likeness (QED) is 0.194. The summed E-state index contributed by atoms with van der Waals surface area (Å²) >= 11 is 0. The number of nitrogens with zero attached hydrogens (tertiary/aromatic N) is 1. The van der Waals surface area contributed by atoms with Gasteiger partial charge < -0.3 is 28.3 Å². The molecule has 0 bridgehead atoms. The van der Waals surface area contributed by atoms with Gasteiger partial charge in [-0.25, -0.2) is 0 Å². The molecule has 0 aliphatic carbocycles. The standard InChI is InChI=1S/C30H37NO6/c1-7-9-16-37-20-25(32)30-23(8-2)24(22-11-13-27(34-4)29(18-22)36-6)19-31(30)15-14-21-10-12-26(33-3)28(17-21)35-5/h9-13,16-19H,7-8,14-15,20H2,1-6H3/b16-9+. The Morgan fingerprint density at radius 3 is 2.14 bits per heavy atom. The van der Waals surface area contributed by atoms with E-state index in [1.165, 1.54) is 0 Å². The molecule has 198 valence electrons. The Bertz CT molecular complexity index is 1230. The van der Waals surface area contributed by atoms with Gasteiger partial charge in [-0.3, -0.25) is 4.79 Å². The Kier molecular flexibility index (Phi) is 10.1. The minimum absolute atomic E-state index is 0.0186. The lowest BCUT2D eigenvalue weighted by Crippen LogP contribution is -2.16. The van der Waals surface area contributed by atoms with Gasteiger partial charge in [0.25, 0.3) is 0 Å². The molecule has 37 heavy (non-hydrogen) atoms. The number of aromatic nitrogens is 1. The maximum absolute atomic E-state index is 13.4. The summed E-state index contributed by atoms with van der Waals surface area (Å²) in [4.78, 5) is 13.4. The zero-order chi connectivity index (χ0) is 26.8. The fourth-order valence-electron chi connectivity index (χ4n) is 4.36. The first-order valence-electron chi connectivity index (χ1n) is 12.5. The third-order valence-electron chi connectivity index (χ3n) is 6.23. The van der Waals surface area contributed by atoms with E-state index in [-0.39, 0.29) is 12.4 Å². The van der Waals surface area contributed by atoms with Crippen LogP contribution in [0.15, 0.2) is 54.9 Å². The summed E-state index contributed by atoms with van der Waals surface area (Å²) in [5.41, 5.74) is 4.67. The summed E-state index contributed by atoms with van der Waals surface area (Å²) in [7, 11) is 6.48. The molecule has 0 unspecified atom stereocenters. The molecular formula is C30H37NO6. The van der Waals surface area contributed by atoms with E-state index in [1.54, 1.807) is 34.7 Å². The summed E-state index contributed by atoms with van der Waals surface area (Å²) in [5, 5.41) is 0. The molecule has 7 heteroatoms. The van der Waals surface area contributed by atoms with Gasteiger partial charge in [-0.05, 0) is 60.2 Å². The number of rotatable bonds is 14. The number of carbonyl (C=O) groups excluding carboxylic acids is 1. The van der Waals surface area contributed by atoms with Crippen LogP contribution in [0.5, 0.6) is 23.0 Å². The minimum Gasteiger partial charge on any atom is -0.493 e. The summed E-state index contributed by atoms with van der Waals surface area (Å²) in [5.74, 6) is 2.60. The van der Waals surface area contributed by atoms with E-state index in [2.05, 4.69) is 13.1 Å². The molecule has 0 radical (unpaired) electrons. The molecule has 3 rings (SSSR count). The van der Waals surface area contributed by atoms with Crippen molar-refractivity contribution in [3.05, 3.63) is 71.8 Å². The zero-order valence-electron chi connectivity index (χ0n) is 22.6. The third-order valence-corrected chi connectivity index (χ3v) is 6.23. The summed E-state index contributed by atoms with van der Waals surface area (Å²) < 4.78 is 29.3. The van der Waals surface area contributed by atoms with E-state index in [9.17, 15) is 4.79 Å². The molecule has 0 aliphatic rings. The van der Waals surface area contributed by atoms with Crippen LogP contribution in [0.1, 0.15) is 41.9 Å². The third kappa shape index (κ3) is 6.47. The predicted octanol–water partition coefficient (Wildman–Crippen LogP) is 6.12. The van der Waals surface area contributed by atoms with E-state index in [0.717, 1.165) is 28.7 Å². The zero-order valence-corrected chi connectivity index (χ0v) is 22.6. The molecular weight excluding hydrogens is 470 g/mol. The number of ketones is 1. The number of allylic oxidation sites excluding steroid dienone is 1. The number of ether oxygens (including phenoxy) is 5. The van der Waals surface area contributed by atoms with Gasteiger partial charge in [0.05, 0.1) is 40.4 Å². The molecule has 0 saturated heterocycles. The van der Waals surface area contributed by atoms with Crippen LogP contribution in [0.3, 0.4) is 0 Å². The van der Waals surface area contributed by atoms with Gasteiger partial charge in [0.15, 0.2) is 29.6 Å². The molecule has 0 spiro atoms. The molecule has 0 saturated carbocycles. The van der Waals surface area contributed by atoms with Gasteiger partial charge >= 0.3 is 0 Å². The normalized spacial score (nSPS) is 11.0. The van der Waals surface area contributed by atoms with Crippen LogP contribution in [-0.4, -0.2) is 45.4 Å². The van der Waals surface area contributed by atoms with Crippen LogP contribution in [0.25, 0.3) is 11.1 Å². The van der Waals surface area contributed by atoms with Crippen molar-refractivity contribution in [2.24, 2.45) is 0 Å². The fraction of sp³-hybridized carbons (Fsp3) is 0.367. The Morgan fingerprint density at radius 1 is 0.865 bits per heavy atom. The number of hydrogen-bond acceptors (Lipinski definition) is 6. The van der Waals surface area contributed by atoms with Crippen molar-refractivity contribution in [1.82, 2.24) is 4.57 Å². The highest BCUT2D eigenvalue weighted by Crippen LogP contribution is 2.36. The van der Waals surface area contributed by atoms with E-state index in [0.29, 0.717) is 48.1 Å². The minimum atomic E-state index is -0.0587. The predicted molar refractivity (Wildman–Crippen MR) is 145 cm³/mol. The second-order valence-corrected chi connectivity index (χ2v) is 8.44. The second-order valence-electron chi connectivity index (χ2n) is 8.44. The number of hydrogen-bond donors (Lipinski definition) is 0. The number of aryl methyl sites for hydroxylation is 2. The lowest BCUT2D eigenvalue weighted by molar-refractivity contribution is 0.0875. The SMILES string of the molecule is CC/C=C/OCC(=O)c1c(CC)c(-c2ccc(OC)c(OC)c2)cn1CCc1ccc(OC)c(OC)c1. The molecule has 0 atom stereocenters. The molecule has 7 nitrogen and oxygen atoms in total. The van der Waals surface area contributed by atoms with Gasteiger partial charge in [0.1, 0.15) is 0 Å². The average Bonchev–Trinajstić information content (AvgIpc) is 3.32. The number of carbonyl (C=O) groups is 1. The largest absolute Gasteiger partial charge is 0.493 e. The first-order chi connectivity index (χ1) is 18.0. The van der Waals surface area contributed by atoms with Crippen LogP contribution in [0.2, 0.25) is 0 Å². The molecule has 2 aromatic carbocycles. The monoisotopic (exact) mass is 507 g/mol. The topological polar surface area (TPSA) is 68.2 Å². The Balaban J connectivity index is 2.02. The highest BCUT2D eigenvalue weighted by molar-refractivity contribution is 5.99.